The van der Waals surface area contributed by atoms with Gasteiger partial charge in [0.15, 0.2) is 12.6 Å². The number of carbonyl (C=O) groups is 1. The molecule has 0 aromatic heterocycles. The van der Waals surface area contributed by atoms with E-state index < -0.39 is 86.8 Å². The Morgan fingerprint density at radius 3 is 1.07 bits per heavy atom. The van der Waals surface area contributed by atoms with E-state index in [0.717, 1.165) is 51.4 Å². The minimum Gasteiger partial charge on any atom is -0.394 e. The van der Waals surface area contributed by atoms with E-state index in [1.807, 2.05) is 6.08 Å². The van der Waals surface area contributed by atoms with Gasteiger partial charge in [0.2, 0.25) is 5.91 Å². The summed E-state index contributed by atoms with van der Waals surface area (Å²) in [5.74, 6) is -0.235. The van der Waals surface area contributed by atoms with Crippen molar-refractivity contribution < 1.29 is 64.6 Å². The average Bonchev–Trinajstić information content (AvgIpc) is 0.794. The molecule has 2 rings (SSSR count). The molecule has 0 bridgehead atoms. The molecule has 12 atom stereocenters. The van der Waals surface area contributed by atoms with E-state index in [9.17, 15) is 45.6 Å². The monoisotopic (exact) mass is 1330 g/mol. The summed E-state index contributed by atoms with van der Waals surface area (Å²) in [6, 6.07) is -0.918. The summed E-state index contributed by atoms with van der Waals surface area (Å²) < 4.78 is 22.9. The fraction of sp³-hybridized carbons (Fsp3) is 0.887. The minimum atomic E-state index is -1.79. The van der Waals surface area contributed by atoms with Gasteiger partial charge in [0.05, 0.1) is 32.0 Å². The van der Waals surface area contributed by atoms with E-state index in [-0.39, 0.29) is 18.9 Å². The van der Waals surface area contributed by atoms with Crippen LogP contribution in [0.15, 0.2) is 48.6 Å². The van der Waals surface area contributed by atoms with Crippen LogP contribution in [0.2, 0.25) is 0 Å². The fourth-order valence-electron chi connectivity index (χ4n) is 13.2. The summed E-state index contributed by atoms with van der Waals surface area (Å²) in [5, 5.41) is 87.7. The molecule has 2 heterocycles. The molecule has 2 aliphatic heterocycles. The number of unbranched alkanes of at least 4 members (excludes halogenated alkanes) is 48. The van der Waals surface area contributed by atoms with Gasteiger partial charge in [0, 0.05) is 6.42 Å². The summed E-state index contributed by atoms with van der Waals surface area (Å²) in [6.45, 7) is 2.84. The molecule has 2 aliphatic rings. The first kappa shape index (κ1) is 88.0. The maximum atomic E-state index is 13.4. The maximum absolute atomic E-state index is 13.4. The van der Waals surface area contributed by atoms with E-state index in [4.69, 9.17) is 18.9 Å². The zero-order chi connectivity index (χ0) is 68.0. The van der Waals surface area contributed by atoms with E-state index >= 15 is 0 Å². The van der Waals surface area contributed by atoms with Crippen molar-refractivity contribution in [2.45, 2.75) is 434 Å². The number of carbonyl (C=O) groups excluding carboxylic acids is 1. The van der Waals surface area contributed by atoms with E-state index in [1.165, 1.54) is 283 Å². The largest absolute Gasteiger partial charge is 0.394 e. The highest BCUT2D eigenvalue weighted by Gasteiger charge is 2.51. The Morgan fingerprint density at radius 1 is 0.383 bits per heavy atom. The number of aliphatic hydroxyl groups is 8. The molecule has 0 spiro atoms. The highest BCUT2D eigenvalue weighted by atomic mass is 16.7. The highest BCUT2D eigenvalue weighted by Crippen LogP contribution is 2.30. The molecule has 2 fully saturated rings. The van der Waals surface area contributed by atoms with Crippen LogP contribution in [0.1, 0.15) is 361 Å². The molecule has 14 heteroatoms. The van der Waals surface area contributed by atoms with Gasteiger partial charge >= 0.3 is 0 Å². The first-order valence-electron chi connectivity index (χ1n) is 39.9. The second kappa shape index (κ2) is 64.3. The van der Waals surface area contributed by atoms with Crippen LogP contribution in [0.3, 0.4) is 0 Å². The fourth-order valence-corrected chi connectivity index (χ4v) is 13.2. The highest BCUT2D eigenvalue weighted by molar-refractivity contribution is 5.76. The maximum Gasteiger partial charge on any atom is 0.220 e. The summed E-state index contributed by atoms with van der Waals surface area (Å²) in [6.07, 6.45) is 69.0. The van der Waals surface area contributed by atoms with Gasteiger partial charge in [0.1, 0.15) is 48.8 Å². The lowest BCUT2D eigenvalue weighted by molar-refractivity contribution is -0.359. The molecule has 1 amide bonds. The van der Waals surface area contributed by atoms with Gasteiger partial charge < -0.3 is 65.1 Å². The van der Waals surface area contributed by atoms with Gasteiger partial charge in [-0.1, -0.05) is 345 Å². The van der Waals surface area contributed by atoms with Gasteiger partial charge in [-0.05, 0) is 57.8 Å². The number of aliphatic hydroxyl groups excluding tert-OH is 8. The standard InChI is InChI=1S/C80H149NO13/c1-3-5-7-9-11-13-15-17-19-21-23-25-27-29-31-33-34-36-37-39-41-43-45-47-49-51-53-55-57-59-61-63-69(84)68(67-91-79-77(90)75(88)78(71(66-83)93-79)94-80-76(89)74(87)73(86)70(65-82)92-80)81-72(85)64-62-60-58-56-54-52-50-48-46-44-42-40-38-35-32-30-28-26-24-22-20-18-16-14-12-10-8-6-4-2/h16,18,22,24,28,30,61,63,68-71,73-80,82-84,86-90H,3-15,17,19-21,23,25-27,29,31-60,62,64-67H2,1-2H3,(H,81,85)/b18-16-,24-22-,30-28-,63-61+. The first-order chi connectivity index (χ1) is 46.1. The van der Waals surface area contributed by atoms with Crippen molar-refractivity contribution >= 4 is 5.91 Å². The SMILES string of the molecule is CCCCCCC/C=C\C/C=C\C/C=C\CCCCCCCCCCCCCCCCC(=O)NC(COC1OC(CO)C(OC2OC(CO)C(O)C(O)C2O)C(O)C1O)C(O)/C=C/CCCCCCCCCCCCCCCCCCCCCCCCCCCCCCC. The van der Waals surface area contributed by atoms with E-state index in [1.54, 1.807) is 6.08 Å². The van der Waals surface area contributed by atoms with Gasteiger partial charge in [-0.2, -0.15) is 0 Å². The Morgan fingerprint density at radius 2 is 0.702 bits per heavy atom. The van der Waals surface area contributed by atoms with Crippen molar-refractivity contribution in [2.24, 2.45) is 0 Å². The third-order valence-corrected chi connectivity index (χ3v) is 19.5. The van der Waals surface area contributed by atoms with Crippen LogP contribution in [0, 0.1) is 0 Å². The molecule has 0 saturated carbocycles. The van der Waals surface area contributed by atoms with Crippen LogP contribution in [0.25, 0.3) is 0 Å². The number of ether oxygens (including phenoxy) is 4. The van der Waals surface area contributed by atoms with Crippen LogP contribution in [-0.4, -0.2) is 140 Å². The quantitative estimate of drug-likeness (QED) is 0.0204. The van der Waals surface area contributed by atoms with Gasteiger partial charge in [-0.3, -0.25) is 4.79 Å². The predicted molar refractivity (Wildman–Crippen MR) is 388 cm³/mol. The number of nitrogens with one attached hydrogen (secondary N) is 1. The molecule has 0 aliphatic carbocycles. The van der Waals surface area contributed by atoms with Crippen LogP contribution in [0.4, 0.5) is 0 Å². The summed E-state index contributed by atoms with van der Waals surface area (Å²) >= 11 is 0. The van der Waals surface area contributed by atoms with Crippen LogP contribution < -0.4 is 5.32 Å². The Balaban J connectivity index is 1.63. The topological polar surface area (TPSA) is 228 Å². The van der Waals surface area contributed by atoms with Crippen molar-refractivity contribution in [3.63, 3.8) is 0 Å². The third kappa shape index (κ3) is 47.1. The van der Waals surface area contributed by atoms with E-state index in [0.29, 0.717) is 6.42 Å². The lowest BCUT2D eigenvalue weighted by Crippen LogP contribution is -2.65. The molecular formula is C80H149NO13. The second-order valence-electron chi connectivity index (χ2n) is 28.2. The zero-order valence-electron chi connectivity index (χ0n) is 60.5. The summed E-state index contributed by atoms with van der Waals surface area (Å²) in [7, 11) is 0. The molecule has 9 N–H and O–H groups in total. The molecule has 0 radical (unpaired) electrons. The van der Waals surface area contributed by atoms with Crippen molar-refractivity contribution in [1.82, 2.24) is 5.32 Å². The van der Waals surface area contributed by atoms with Crippen LogP contribution in [0.5, 0.6) is 0 Å². The summed E-state index contributed by atoms with van der Waals surface area (Å²) in [4.78, 5) is 13.4. The van der Waals surface area contributed by atoms with Crippen molar-refractivity contribution in [3.05, 3.63) is 48.6 Å². The third-order valence-electron chi connectivity index (χ3n) is 19.5. The van der Waals surface area contributed by atoms with Crippen molar-refractivity contribution in [3.8, 4) is 0 Å². The van der Waals surface area contributed by atoms with E-state index in [2.05, 4.69) is 55.6 Å². The Labute approximate surface area is 575 Å². The van der Waals surface area contributed by atoms with Gasteiger partial charge in [-0.25, -0.2) is 0 Å². The molecule has 12 unspecified atom stereocenters. The zero-order valence-corrected chi connectivity index (χ0v) is 60.5. The molecule has 0 aromatic carbocycles. The number of allylic oxidation sites excluding steroid dienone is 7. The average molecular weight is 1330 g/mol. The Bertz CT molecular complexity index is 1760. The molecule has 0 aromatic rings. The second-order valence-corrected chi connectivity index (χ2v) is 28.2. The molecule has 14 nitrogen and oxygen atoms in total. The molecule has 2 saturated heterocycles. The molecule has 552 valence electrons. The van der Waals surface area contributed by atoms with Gasteiger partial charge in [0.25, 0.3) is 0 Å². The smallest absolute Gasteiger partial charge is 0.220 e. The number of hydrogen-bond donors (Lipinski definition) is 9. The summed E-state index contributed by atoms with van der Waals surface area (Å²) in [5.41, 5.74) is 0. The number of rotatable bonds is 67. The molecule has 94 heavy (non-hydrogen) atoms. The van der Waals surface area contributed by atoms with Crippen molar-refractivity contribution in [1.29, 1.82) is 0 Å². The number of hydrogen-bond acceptors (Lipinski definition) is 13. The minimum absolute atomic E-state index is 0.235. The lowest BCUT2D eigenvalue weighted by atomic mass is 9.97. The Kier molecular flexibility index (Phi) is 60.3. The lowest BCUT2D eigenvalue weighted by Gasteiger charge is -2.46. The predicted octanol–water partition coefficient (Wildman–Crippen LogP) is 17.8. The van der Waals surface area contributed by atoms with Gasteiger partial charge in [-0.15, -0.1) is 0 Å². The molecular weight excluding hydrogens is 1180 g/mol. The van der Waals surface area contributed by atoms with Crippen LogP contribution >= 0.6 is 0 Å². The normalized spacial score (nSPS) is 22.7. The Hall–Kier alpha value is -2.05. The van der Waals surface area contributed by atoms with Crippen LogP contribution in [-0.2, 0) is 23.7 Å². The first-order valence-corrected chi connectivity index (χ1v) is 39.9. The number of amides is 1. The van der Waals surface area contributed by atoms with Crippen molar-refractivity contribution in [2.75, 3.05) is 19.8 Å².